The summed E-state index contributed by atoms with van der Waals surface area (Å²) in [7, 11) is 0. The first-order valence-electron chi connectivity index (χ1n) is 6.11. The van der Waals surface area contributed by atoms with E-state index in [0.29, 0.717) is 12.0 Å². The molecule has 0 aromatic heterocycles. The van der Waals surface area contributed by atoms with Gasteiger partial charge in [-0.15, -0.1) is 0 Å². The Morgan fingerprint density at radius 3 is 2.57 bits per heavy atom. The van der Waals surface area contributed by atoms with Gasteiger partial charge in [0, 0.05) is 12.6 Å². The quantitative estimate of drug-likeness (QED) is 0.738. The lowest BCUT2D eigenvalue weighted by Gasteiger charge is -2.29. The van der Waals surface area contributed by atoms with Crippen LogP contribution in [0.4, 0.5) is 0 Å². The molecule has 1 aliphatic rings. The van der Waals surface area contributed by atoms with Gasteiger partial charge in [0.25, 0.3) is 0 Å². The maximum absolute atomic E-state index is 6.22. The molecule has 14 heavy (non-hydrogen) atoms. The molecule has 0 radical (unpaired) electrons. The van der Waals surface area contributed by atoms with Crippen LogP contribution in [0.1, 0.15) is 46.0 Å². The molecule has 1 aliphatic heterocycles. The van der Waals surface area contributed by atoms with Crippen LogP contribution in [0.2, 0.25) is 0 Å². The highest BCUT2D eigenvalue weighted by Crippen LogP contribution is 2.23. The second-order valence-electron chi connectivity index (χ2n) is 4.56. The third-order valence-corrected chi connectivity index (χ3v) is 3.56. The van der Waals surface area contributed by atoms with Crippen molar-refractivity contribution >= 4 is 0 Å². The number of rotatable bonds is 5. The molecule has 1 saturated heterocycles. The predicted octanol–water partition coefficient (Wildman–Crippen LogP) is 2.57. The summed E-state index contributed by atoms with van der Waals surface area (Å²) in [6.07, 6.45) is 6.17. The maximum Gasteiger partial charge on any atom is 0.0509 e. The molecule has 2 nitrogen and oxygen atoms in total. The molecule has 2 N–H and O–H groups in total. The van der Waals surface area contributed by atoms with Crippen LogP contribution in [0, 0.1) is 11.8 Å². The van der Waals surface area contributed by atoms with Gasteiger partial charge in [0.1, 0.15) is 0 Å². The molecule has 0 amide bonds. The van der Waals surface area contributed by atoms with Crippen LogP contribution in [-0.2, 0) is 4.74 Å². The molecule has 1 fully saturated rings. The second-order valence-corrected chi connectivity index (χ2v) is 4.56. The van der Waals surface area contributed by atoms with Gasteiger partial charge >= 0.3 is 0 Å². The van der Waals surface area contributed by atoms with Crippen molar-refractivity contribution in [1.82, 2.24) is 0 Å². The molecular weight excluding hydrogens is 174 g/mol. The Morgan fingerprint density at radius 2 is 2.07 bits per heavy atom. The molecule has 2 heteroatoms. The molecule has 0 spiro atoms. The smallest absolute Gasteiger partial charge is 0.0509 e. The van der Waals surface area contributed by atoms with Crippen molar-refractivity contribution < 1.29 is 4.74 Å². The summed E-state index contributed by atoms with van der Waals surface area (Å²) < 4.78 is 5.47. The van der Waals surface area contributed by atoms with Crippen molar-refractivity contribution in [2.75, 3.05) is 13.2 Å². The first kappa shape index (κ1) is 12.0. The fraction of sp³-hybridized carbons (Fsp3) is 1.00. The average Bonchev–Trinajstić information content (AvgIpc) is 2.26. The van der Waals surface area contributed by atoms with E-state index in [4.69, 9.17) is 10.5 Å². The van der Waals surface area contributed by atoms with E-state index in [0.717, 1.165) is 19.1 Å². The second kappa shape index (κ2) is 6.41. The van der Waals surface area contributed by atoms with Crippen LogP contribution >= 0.6 is 0 Å². The van der Waals surface area contributed by atoms with Gasteiger partial charge in [-0.1, -0.05) is 26.7 Å². The predicted molar refractivity (Wildman–Crippen MR) is 60.2 cm³/mol. The Balaban J connectivity index is 2.27. The molecule has 0 aromatic rings. The van der Waals surface area contributed by atoms with Crippen molar-refractivity contribution in [1.29, 1.82) is 0 Å². The number of hydrogen-bond acceptors (Lipinski definition) is 2. The summed E-state index contributed by atoms with van der Waals surface area (Å²) in [5, 5.41) is 0. The molecule has 84 valence electrons. The van der Waals surface area contributed by atoms with E-state index in [1.165, 1.54) is 32.1 Å². The molecule has 2 unspecified atom stereocenters. The van der Waals surface area contributed by atoms with Gasteiger partial charge in [-0.2, -0.15) is 0 Å². The summed E-state index contributed by atoms with van der Waals surface area (Å²) in [5.74, 6) is 1.43. The fourth-order valence-electron chi connectivity index (χ4n) is 2.30. The number of hydrogen-bond donors (Lipinski definition) is 1. The van der Waals surface area contributed by atoms with Gasteiger partial charge in [0.15, 0.2) is 0 Å². The van der Waals surface area contributed by atoms with E-state index < -0.39 is 0 Å². The molecular formula is C12H25NO. The lowest BCUT2D eigenvalue weighted by molar-refractivity contribution is 0.0413. The average molecular weight is 199 g/mol. The minimum Gasteiger partial charge on any atom is -0.381 e. The molecule has 0 aliphatic carbocycles. The normalized spacial score (nSPS) is 25.3. The van der Waals surface area contributed by atoms with Crippen LogP contribution in [0.15, 0.2) is 0 Å². The van der Waals surface area contributed by atoms with E-state index >= 15 is 0 Å². The topological polar surface area (TPSA) is 35.2 Å². The SMILES string of the molecule is CCC(CC)CC(N)C1CCCOC1. The first-order chi connectivity index (χ1) is 6.77. The van der Waals surface area contributed by atoms with Crippen LogP contribution in [0.25, 0.3) is 0 Å². The van der Waals surface area contributed by atoms with Crippen molar-refractivity contribution in [2.24, 2.45) is 17.6 Å². The highest BCUT2D eigenvalue weighted by atomic mass is 16.5. The van der Waals surface area contributed by atoms with Gasteiger partial charge in [-0.05, 0) is 31.1 Å². The van der Waals surface area contributed by atoms with Gasteiger partial charge in [0.05, 0.1) is 6.61 Å². The summed E-state index contributed by atoms with van der Waals surface area (Å²) in [6.45, 7) is 6.35. The Bertz CT molecular complexity index is 139. The van der Waals surface area contributed by atoms with Crippen LogP contribution in [0.3, 0.4) is 0 Å². The Morgan fingerprint density at radius 1 is 1.36 bits per heavy atom. The molecule has 2 atom stereocenters. The highest BCUT2D eigenvalue weighted by Gasteiger charge is 2.22. The van der Waals surface area contributed by atoms with Crippen LogP contribution in [0.5, 0.6) is 0 Å². The van der Waals surface area contributed by atoms with E-state index in [9.17, 15) is 0 Å². The van der Waals surface area contributed by atoms with Crippen LogP contribution in [-0.4, -0.2) is 19.3 Å². The van der Waals surface area contributed by atoms with Crippen molar-refractivity contribution in [3.8, 4) is 0 Å². The summed E-state index contributed by atoms with van der Waals surface area (Å²) in [5.41, 5.74) is 6.22. The zero-order chi connectivity index (χ0) is 10.4. The summed E-state index contributed by atoms with van der Waals surface area (Å²) in [4.78, 5) is 0. The highest BCUT2D eigenvalue weighted by molar-refractivity contribution is 4.77. The van der Waals surface area contributed by atoms with E-state index in [2.05, 4.69) is 13.8 Å². The van der Waals surface area contributed by atoms with Crippen molar-refractivity contribution in [3.63, 3.8) is 0 Å². The minimum atomic E-state index is 0.361. The van der Waals surface area contributed by atoms with E-state index in [1.54, 1.807) is 0 Å². The zero-order valence-electron chi connectivity index (χ0n) is 9.67. The standard InChI is InChI=1S/C12H25NO/c1-3-10(4-2)8-12(13)11-6-5-7-14-9-11/h10-12H,3-9,13H2,1-2H3. The lowest BCUT2D eigenvalue weighted by atomic mass is 9.86. The molecule has 0 bridgehead atoms. The van der Waals surface area contributed by atoms with Gasteiger partial charge in [-0.25, -0.2) is 0 Å². The lowest BCUT2D eigenvalue weighted by Crippen LogP contribution is -2.37. The first-order valence-corrected chi connectivity index (χ1v) is 6.11. The molecule has 0 saturated carbocycles. The van der Waals surface area contributed by atoms with Crippen molar-refractivity contribution in [2.45, 2.75) is 52.0 Å². The van der Waals surface area contributed by atoms with Gasteiger partial charge in [-0.3, -0.25) is 0 Å². The van der Waals surface area contributed by atoms with E-state index in [-0.39, 0.29) is 0 Å². The third kappa shape index (κ3) is 3.58. The van der Waals surface area contributed by atoms with Gasteiger partial charge in [0.2, 0.25) is 0 Å². The molecule has 0 aromatic carbocycles. The zero-order valence-corrected chi connectivity index (χ0v) is 9.67. The monoisotopic (exact) mass is 199 g/mol. The minimum absolute atomic E-state index is 0.361. The Labute approximate surface area is 88.2 Å². The fourth-order valence-corrected chi connectivity index (χ4v) is 2.30. The summed E-state index contributed by atoms with van der Waals surface area (Å²) >= 11 is 0. The number of nitrogens with two attached hydrogens (primary N) is 1. The third-order valence-electron chi connectivity index (χ3n) is 3.56. The molecule has 1 rings (SSSR count). The summed E-state index contributed by atoms with van der Waals surface area (Å²) in [6, 6.07) is 0.361. The van der Waals surface area contributed by atoms with Crippen molar-refractivity contribution in [3.05, 3.63) is 0 Å². The molecule has 1 heterocycles. The maximum atomic E-state index is 6.22. The number of ether oxygens (including phenoxy) is 1. The Hall–Kier alpha value is -0.0800. The van der Waals surface area contributed by atoms with E-state index in [1.807, 2.05) is 0 Å². The largest absolute Gasteiger partial charge is 0.381 e. The van der Waals surface area contributed by atoms with Crippen LogP contribution < -0.4 is 5.73 Å². The van der Waals surface area contributed by atoms with Gasteiger partial charge < -0.3 is 10.5 Å². The Kier molecular flexibility index (Phi) is 5.49.